The Labute approximate surface area is 174 Å². The molecule has 0 saturated carbocycles. The number of aryl methyl sites for hydroxylation is 1. The molecule has 148 valence electrons. The summed E-state index contributed by atoms with van der Waals surface area (Å²) >= 11 is 0. The SMILES string of the molecule is Cc1cccc(CNC(=O)c2ccnc(C(=O)Nc3cccc4cccnc34)c2)c1. The molecule has 4 aromatic rings. The Balaban J connectivity index is 1.48. The van der Waals surface area contributed by atoms with Gasteiger partial charge in [-0.1, -0.05) is 48.0 Å². The van der Waals surface area contributed by atoms with Crippen molar-refractivity contribution in [3.63, 3.8) is 0 Å². The summed E-state index contributed by atoms with van der Waals surface area (Å²) < 4.78 is 0. The number of nitrogens with one attached hydrogen (secondary N) is 2. The summed E-state index contributed by atoms with van der Waals surface area (Å²) in [4.78, 5) is 33.7. The predicted molar refractivity (Wildman–Crippen MR) is 116 cm³/mol. The second-order valence-electron chi connectivity index (χ2n) is 6.94. The van der Waals surface area contributed by atoms with Gasteiger partial charge in [0.15, 0.2) is 0 Å². The van der Waals surface area contributed by atoms with Crippen LogP contribution in [0.2, 0.25) is 0 Å². The zero-order valence-electron chi connectivity index (χ0n) is 16.4. The average Bonchev–Trinajstić information content (AvgIpc) is 2.78. The molecule has 0 atom stereocenters. The fourth-order valence-electron chi connectivity index (χ4n) is 3.19. The molecule has 4 rings (SSSR count). The lowest BCUT2D eigenvalue weighted by atomic mass is 10.1. The first-order valence-corrected chi connectivity index (χ1v) is 9.55. The van der Waals surface area contributed by atoms with Gasteiger partial charge in [-0.25, -0.2) is 0 Å². The number of fused-ring (bicyclic) bond motifs is 1. The third-order valence-corrected chi connectivity index (χ3v) is 4.67. The molecule has 0 aliphatic carbocycles. The van der Waals surface area contributed by atoms with Crippen molar-refractivity contribution in [1.82, 2.24) is 15.3 Å². The number of carbonyl (C=O) groups excluding carboxylic acids is 2. The third kappa shape index (κ3) is 4.33. The van der Waals surface area contributed by atoms with E-state index in [1.165, 1.54) is 12.3 Å². The van der Waals surface area contributed by atoms with Crippen molar-refractivity contribution in [1.29, 1.82) is 0 Å². The highest BCUT2D eigenvalue weighted by molar-refractivity contribution is 6.08. The van der Waals surface area contributed by atoms with Crippen molar-refractivity contribution in [2.45, 2.75) is 13.5 Å². The van der Waals surface area contributed by atoms with Gasteiger partial charge in [-0.05, 0) is 36.8 Å². The summed E-state index contributed by atoms with van der Waals surface area (Å²) in [5, 5.41) is 6.63. The van der Waals surface area contributed by atoms with Crippen LogP contribution in [0.1, 0.15) is 32.0 Å². The minimum atomic E-state index is -0.401. The van der Waals surface area contributed by atoms with E-state index < -0.39 is 5.91 Å². The topological polar surface area (TPSA) is 84.0 Å². The lowest BCUT2D eigenvalue weighted by molar-refractivity contribution is 0.0950. The van der Waals surface area contributed by atoms with Crippen LogP contribution in [0, 0.1) is 6.92 Å². The van der Waals surface area contributed by atoms with Gasteiger partial charge in [0.1, 0.15) is 5.69 Å². The van der Waals surface area contributed by atoms with E-state index in [0.717, 1.165) is 16.5 Å². The maximum Gasteiger partial charge on any atom is 0.274 e. The Morgan fingerprint density at radius 1 is 0.867 bits per heavy atom. The lowest BCUT2D eigenvalue weighted by Gasteiger charge is -2.09. The number of aromatic nitrogens is 2. The molecule has 2 aromatic carbocycles. The first-order valence-electron chi connectivity index (χ1n) is 9.55. The molecule has 6 heteroatoms. The van der Waals surface area contributed by atoms with Gasteiger partial charge in [0.05, 0.1) is 11.2 Å². The van der Waals surface area contributed by atoms with Gasteiger partial charge in [-0.3, -0.25) is 19.6 Å². The van der Waals surface area contributed by atoms with E-state index >= 15 is 0 Å². The molecule has 0 radical (unpaired) electrons. The predicted octanol–water partition coefficient (Wildman–Crippen LogP) is 4.12. The largest absolute Gasteiger partial charge is 0.348 e. The van der Waals surface area contributed by atoms with Crippen LogP contribution in [0.4, 0.5) is 5.69 Å². The van der Waals surface area contributed by atoms with Crippen LogP contribution in [0.3, 0.4) is 0 Å². The Morgan fingerprint density at radius 3 is 2.57 bits per heavy atom. The van der Waals surface area contributed by atoms with Crippen molar-refractivity contribution in [2.24, 2.45) is 0 Å². The molecule has 0 spiro atoms. The number of hydrogen-bond acceptors (Lipinski definition) is 4. The number of benzene rings is 2. The maximum absolute atomic E-state index is 12.7. The summed E-state index contributed by atoms with van der Waals surface area (Å²) in [5.74, 6) is -0.665. The Bertz CT molecular complexity index is 1230. The monoisotopic (exact) mass is 396 g/mol. The minimum absolute atomic E-state index is 0.158. The van der Waals surface area contributed by atoms with Gasteiger partial charge >= 0.3 is 0 Å². The van der Waals surface area contributed by atoms with E-state index in [1.54, 1.807) is 18.3 Å². The molecule has 0 bridgehead atoms. The van der Waals surface area contributed by atoms with Gasteiger partial charge in [-0.2, -0.15) is 0 Å². The summed E-state index contributed by atoms with van der Waals surface area (Å²) in [7, 11) is 0. The molecular formula is C24H20N4O2. The molecular weight excluding hydrogens is 376 g/mol. The van der Waals surface area contributed by atoms with Crippen LogP contribution in [0.25, 0.3) is 10.9 Å². The highest BCUT2D eigenvalue weighted by atomic mass is 16.2. The molecule has 0 aliphatic heterocycles. The number of nitrogens with zero attached hydrogens (tertiary/aromatic N) is 2. The van der Waals surface area contributed by atoms with Crippen LogP contribution in [-0.2, 0) is 6.54 Å². The standard InChI is InChI=1S/C24H20N4O2/c1-16-5-2-6-17(13-16)15-27-23(29)19-10-12-25-21(14-19)24(30)28-20-9-3-7-18-8-4-11-26-22(18)20/h2-14H,15H2,1H3,(H,27,29)(H,28,30). The van der Waals surface area contributed by atoms with Gasteiger partial charge in [0, 0.05) is 29.9 Å². The number of amides is 2. The highest BCUT2D eigenvalue weighted by Gasteiger charge is 2.13. The quantitative estimate of drug-likeness (QED) is 0.531. The number of para-hydroxylation sites is 1. The second kappa shape index (κ2) is 8.53. The smallest absolute Gasteiger partial charge is 0.274 e. The van der Waals surface area contributed by atoms with Gasteiger partial charge in [0.2, 0.25) is 0 Å². The van der Waals surface area contributed by atoms with E-state index in [0.29, 0.717) is 23.3 Å². The maximum atomic E-state index is 12.7. The first kappa shape index (κ1) is 19.3. The molecule has 0 saturated heterocycles. The zero-order chi connectivity index (χ0) is 20.9. The van der Waals surface area contributed by atoms with Crippen LogP contribution in [-0.4, -0.2) is 21.8 Å². The number of carbonyl (C=O) groups is 2. The van der Waals surface area contributed by atoms with Gasteiger partial charge in [-0.15, -0.1) is 0 Å². The van der Waals surface area contributed by atoms with Crippen LogP contribution >= 0.6 is 0 Å². The van der Waals surface area contributed by atoms with Crippen LogP contribution in [0.5, 0.6) is 0 Å². The first-order chi connectivity index (χ1) is 14.6. The summed E-state index contributed by atoms with van der Waals surface area (Å²) in [6.07, 6.45) is 3.13. The minimum Gasteiger partial charge on any atom is -0.348 e. The third-order valence-electron chi connectivity index (χ3n) is 4.67. The highest BCUT2D eigenvalue weighted by Crippen LogP contribution is 2.21. The normalized spacial score (nSPS) is 10.6. The number of rotatable bonds is 5. The number of pyridine rings is 2. The average molecular weight is 396 g/mol. The summed E-state index contributed by atoms with van der Waals surface area (Å²) in [6, 6.07) is 20.3. The molecule has 6 nitrogen and oxygen atoms in total. The molecule has 30 heavy (non-hydrogen) atoms. The number of hydrogen-bond donors (Lipinski definition) is 2. The summed E-state index contributed by atoms with van der Waals surface area (Å²) in [5.41, 5.74) is 3.96. The molecule has 0 unspecified atom stereocenters. The van der Waals surface area contributed by atoms with E-state index in [1.807, 2.05) is 55.5 Å². The molecule has 2 N–H and O–H groups in total. The second-order valence-corrected chi connectivity index (χ2v) is 6.94. The van der Waals surface area contributed by atoms with Crippen LogP contribution in [0.15, 0.2) is 79.1 Å². The molecule has 0 fully saturated rings. The Morgan fingerprint density at radius 2 is 1.70 bits per heavy atom. The van der Waals surface area contributed by atoms with E-state index in [2.05, 4.69) is 20.6 Å². The van der Waals surface area contributed by atoms with Crippen molar-refractivity contribution >= 4 is 28.4 Å². The van der Waals surface area contributed by atoms with Crippen molar-refractivity contribution in [3.8, 4) is 0 Å². The number of anilines is 1. The lowest BCUT2D eigenvalue weighted by Crippen LogP contribution is -2.23. The fourth-order valence-corrected chi connectivity index (χ4v) is 3.19. The van der Waals surface area contributed by atoms with E-state index in [9.17, 15) is 9.59 Å². The summed E-state index contributed by atoms with van der Waals surface area (Å²) in [6.45, 7) is 2.41. The fraction of sp³-hybridized carbons (Fsp3) is 0.0833. The van der Waals surface area contributed by atoms with Crippen molar-refractivity contribution < 1.29 is 9.59 Å². The zero-order valence-corrected chi connectivity index (χ0v) is 16.4. The van der Waals surface area contributed by atoms with Crippen molar-refractivity contribution in [2.75, 3.05) is 5.32 Å². The molecule has 2 aromatic heterocycles. The molecule has 2 amide bonds. The van der Waals surface area contributed by atoms with E-state index in [-0.39, 0.29) is 11.6 Å². The van der Waals surface area contributed by atoms with Gasteiger partial charge in [0.25, 0.3) is 11.8 Å². The Kier molecular flexibility index (Phi) is 5.48. The Hall–Kier alpha value is -4.06. The van der Waals surface area contributed by atoms with Crippen LogP contribution < -0.4 is 10.6 Å². The molecule has 2 heterocycles. The van der Waals surface area contributed by atoms with Crippen molar-refractivity contribution in [3.05, 3.63) is 102 Å². The van der Waals surface area contributed by atoms with E-state index in [4.69, 9.17) is 0 Å². The van der Waals surface area contributed by atoms with Gasteiger partial charge < -0.3 is 10.6 Å². The molecule has 0 aliphatic rings.